The van der Waals surface area contributed by atoms with Gasteiger partial charge in [-0.15, -0.1) is 0 Å². The van der Waals surface area contributed by atoms with Gasteiger partial charge >= 0.3 is 0 Å². The first-order valence-corrected chi connectivity index (χ1v) is 9.60. The molecule has 0 aliphatic carbocycles. The first-order valence-electron chi connectivity index (χ1n) is 9.60. The van der Waals surface area contributed by atoms with Gasteiger partial charge in [-0.2, -0.15) is 0 Å². The van der Waals surface area contributed by atoms with E-state index in [-0.39, 0.29) is 5.54 Å². The Kier molecular flexibility index (Phi) is 8.19. The van der Waals surface area contributed by atoms with Gasteiger partial charge < -0.3 is 34.5 Å². The number of methoxy groups -OCH3 is 3. The summed E-state index contributed by atoms with van der Waals surface area (Å²) in [5.74, 6) is 2.46. The van der Waals surface area contributed by atoms with Crippen LogP contribution in [0.5, 0.6) is 17.2 Å². The van der Waals surface area contributed by atoms with E-state index in [1.165, 1.54) is 0 Å². The second-order valence-corrected chi connectivity index (χ2v) is 6.97. The molecular formula is C20H34N4O4. The standard InChI is InChI=1S/C20H34N4O4/c1-7-21-19(22-14-20(24(2)3)8-10-28-11-9-20)23-15-12-16(25-4)18(27-6)17(13-15)26-5/h12-13H,7-11,14H2,1-6H3,(H2,21,22,23). The summed E-state index contributed by atoms with van der Waals surface area (Å²) in [6, 6.07) is 3.73. The van der Waals surface area contributed by atoms with Crippen molar-refractivity contribution >= 4 is 11.6 Å². The van der Waals surface area contributed by atoms with Crippen LogP contribution in [0.25, 0.3) is 0 Å². The zero-order chi connectivity index (χ0) is 20.6. The van der Waals surface area contributed by atoms with Crippen LogP contribution in [0, 0.1) is 0 Å². The average Bonchev–Trinajstić information content (AvgIpc) is 2.71. The van der Waals surface area contributed by atoms with Gasteiger partial charge in [-0.25, -0.2) is 0 Å². The molecule has 1 aromatic carbocycles. The molecule has 0 bridgehead atoms. The van der Waals surface area contributed by atoms with Crippen molar-refractivity contribution in [1.82, 2.24) is 10.2 Å². The fraction of sp³-hybridized carbons (Fsp3) is 0.650. The Morgan fingerprint density at radius 1 is 1.11 bits per heavy atom. The van der Waals surface area contributed by atoms with Crippen molar-refractivity contribution in [3.63, 3.8) is 0 Å². The number of hydrogen-bond acceptors (Lipinski definition) is 6. The molecule has 1 aliphatic heterocycles. The van der Waals surface area contributed by atoms with Crippen LogP contribution in [0.15, 0.2) is 17.1 Å². The molecule has 0 unspecified atom stereocenters. The Morgan fingerprint density at radius 3 is 2.18 bits per heavy atom. The maximum Gasteiger partial charge on any atom is 0.203 e. The first kappa shape index (κ1) is 22.1. The normalized spacial score (nSPS) is 16.6. The van der Waals surface area contributed by atoms with Gasteiger partial charge in [-0.3, -0.25) is 4.99 Å². The summed E-state index contributed by atoms with van der Waals surface area (Å²) in [6.07, 6.45) is 1.93. The summed E-state index contributed by atoms with van der Waals surface area (Å²) in [5.41, 5.74) is 0.815. The number of nitrogens with one attached hydrogen (secondary N) is 2. The average molecular weight is 395 g/mol. The minimum absolute atomic E-state index is 0.00981. The van der Waals surface area contributed by atoms with E-state index < -0.39 is 0 Å². The lowest BCUT2D eigenvalue weighted by Gasteiger charge is -2.41. The Bertz CT molecular complexity index is 633. The molecule has 0 radical (unpaired) electrons. The zero-order valence-corrected chi connectivity index (χ0v) is 17.9. The van der Waals surface area contributed by atoms with E-state index in [2.05, 4.69) is 29.6 Å². The molecule has 1 aliphatic rings. The monoisotopic (exact) mass is 394 g/mol. The summed E-state index contributed by atoms with van der Waals surface area (Å²) in [6.45, 7) is 5.02. The fourth-order valence-electron chi connectivity index (χ4n) is 3.32. The van der Waals surface area contributed by atoms with Gasteiger partial charge in [0.05, 0.1) is 27.9 Å². The molecule has 8 heteroatoms. The van der Waals surface area contributed by atoms with Crippen LogP contribution in [-0.2, 0) is 4.74 Å². The number of ether oxygens (including phenoxy) is 4. The second-order valence-electron chi connectivity index (χ2n) is 6.97. The fourth-order valence-corrected chi connectivity index (χ4v) is 3.32. The summed E-state index contributed by atoms with van der Waals surface area (Å²) < 4.78 is 21.8. The molecule has 0 spiro atoms. The molecule has 1 heterocycles. The molecule has 1 aromatic rings. The molecule has 1 saturated heterocycles. The van der Waals surface area contributed by atoms with Gasteiger partial charge in [0.15, 0.2) is 17.5 Å². The maximum absolute atomic E-state index is 5.55. The van der Waals surface area contributed by atoms with E-state index >= 15 is 0 Å². The predicted molar refractivity (Wildman–Crippen MR) is 112 cm³/mol. The van der Waals surface area contributed by atoms with Crippen LogP contribution in [0.1, 0.15) is 19.8 Å². The van der Waals surface area contributed by atoms with Crippen molar-refractivity contribution in [2.75, 3.05) is 67.0 Å². The van der Waals surface area contributed by atoms with Crippen LogP contribution in [-0.4, -0.2) is 78.1 Å². The third kappa shape index (κ3) is 5.20. The van der Waals surface area contributed by atoms with Crippen molar-refractivity contribution in [2.24, 2.45) is 4.99 Å². The molecule has 0 saturated carbocycles. The number of anilines is 1. The van der Waals surface area contributed by atoms with E-state index in [1.807, 2.05) is 19.1 Å². The second kappa shape index (κ2) is 10.4. The maximum atomic E-state index is 5.55. The number of hydrogen-bond donors (Lipinski definition) is 2. The van der Waals surface area contributed by atoms with Crippen molar-refractivity contribution in [2.45, 2.75) is 25.3 Å². The molecule has 0 aromatic heterocycles. The van der Waals surface area contributed by atoms with Crippen LogP contribution >= 0.6 is 0 Å². The van der Waals surface area contributed by atoms with Gasteiger partial charge in [0.2, 0.25) is 5.75 Å². The number of rotatable bonds is 8. The van der Waals surface area contributed by atoms with Gasteiger partial charge in [0.25, 0.3) is 0 Å². The highest BCUT2D eigenvalue weighted by Gasteiger charge is 2.34. The van der Waals surface area contributed by atoms with Crippen molar-refractivity contribution in [3.05, 3.63) is 12.1 Å². The quantitative estimate of drug-likeness (QED) is 0.517. The smallest absolute Gasteiger partial charge is 0.203 e. The zero-order valence-electron chi connectivity index (χ0n) is 17.9. The van der Waals surface area contributed by atoms with Crippen molar-refractivity contribution in [1.29, 1.82) is 0 Å². The van der Waals surface area contributed by atoms with E-state index in [1.54, 1.807) is 21.3 Å². The van der Waals surface area contributed by atoms with Crippen LogP contribution in [0.3, 0.4) is 0 Å². The predicted octanol–water partition coefficient (Wildman–Crippen LogP) is 2.20. The summed E-state index contributed by atoms with van der Waals surface area (Å²) in [7, 11) is 9.02. The summed E-state index contributed by atoms with van der Waals surface area (Å²) in [4.78, 5) is 7.13. The van der Waals surface area contributed by atoms with Gasteiger partial charge in [0, 0.05) is 43.1 Å². The highest BCUT2D eigenvalue weighted by atomic mass is 16.5. The summed E-state index contributed by atoms with van der Waals surface area (Å²) in [5, 5.41) is 6.66. The van der Waals surface area contributed by atoms with Gasteiger partial charge in [0.1, 0.15) is 0 Å². The van der Waals surface area contributed by atoms with E-state index in [0.717, 1.165) is 38.3 Å². The Labute approximate surface area is 168 Å². The molecule has 0 atom stereocenters. The SMILES string of the molecule is CCNC(=NCC1(N(C)C)CCOCC1)Nc1cc(OC)c(OC)c(OC)c1. The van der Waals surface area contributed by atoms with E-state index in [9.17, 15) is 0 Å². The largest absolute Gasteiger partial charge is 0.493 e. The van der Waals surface area contributed by atoms with Crippen LogP contribution < -0.4 is 24.8 Å². The van der Waals surface area contributed by atoms with Crippen molar-refractivity contribution < 1.29 is 18.9 Å². The lowest BCUT2D eigenvalue weighted by atomic mass is 9.89. The highest BCUT2D eigenvalue weighted by molar-refractivity contribution is 5.94. The Morgan fingerprint density at radius 2 is 1.71 bits per heavy atom. The minimum Gasteiger partial charge on any atom is -0.493 e. The Balaban J connectivity index is 2.25. The third-order valence-corrected chi connectivity index (χ3v) is 5.18. The third-order valence-electron chi connectivity index (χ3n) is 5.18. The Hall–Kier alpha value is -2.19. The molecular weight excluding hydrogens is 360 g/mol. The molecule has 2 N–H and O–H groups in total. The molecule has 28 heavy (non-hydrogen) atoms. The number of likely N-dealkylation sites (N-methyl/N-ethyl adjacent to an activating group) is 1. The van der Waals surface area contributed by atoms with Crippen LogP contribution in [0.2, 0.25) is 0 Å². The molecule has 1 fully saturated rings. The molecule has 0 amide bonds. The van der Waals surface area contributed by atoms with Gasteiger partial charge in [-0.1, -0.05) is 0 Å². The number of guanidine groups is 1. The first-order chi connectivity index (χ1) is 13.5. The van der Waals surface area contributed by atoms with Gasteiger partial charge in [-0.05, 0) is 33.9 Å². The minimum atomic E-state index is 0.00981. The lowest BCUT2D eigenvalue weighted by molar-refractivity contribution is -0.00251. The molecule has 158 valence electrons. The molecule has 8 nitrogen and oxygen atoms in total. The number of nitrogens with zero attached hydrogens (tertiary/aromatic N) is 2. The lowest BCUT2D eigenvalue weighted by Crippen LogP contribution is -2.51. The van der Waals surface area contributed by atoms with E-state index in [4.69, 9.17) is 23.9 Å². The number of benzene rings is 1. The van der Waals surface area contributed by atoms with E-state index in [0.29, 0.717) is 29.8 Å². The number of aliphatic imine (C=N–C) groups is 1. The molecule has 2 rings (SSSR count). The van der Waals surface area contributed by atoms with Crippen molar-refractivity contribution in [3.8, 4) is 17.2 Å². The highest BCUT2D eigenvalue weighted by Crippen LogP contribution is 2.39. The van der Waals surface area contributed by atoms with Crippen LogP contribution in [0.4, 0.5) is 5.69 Å². The summed E-state index contributed by atoms with van der Waals surface area (Å²) >= 11 is 0. The topological polar surface area (TPSA) is 76.6 Å².